The van der Waals surface area contributed by atoms with Crippen molar-refractivity contribution < 1.29 is 4.42 Å². The zero-order valence-electron chi connectivity index (χ0n) is 13.8. The second-order valence-corrected chi connectivity index (χ2v) is 7.10. The Morgan fingerprint density at radius 3 is 2.96 bits per heavy atom. The van der Waals surface area contributed by atoms with E-state index >= 15 is 0 Å². The topological polar surface area (TPSA) is 76.4 Å². The van der Waals surface area contributed by atoms with Gasteiger partial charge in [0.2, 0.25) is 0 Å². The van der Waals surface area contributed by atoms with Crippen molar-refractivity contribution in [3.63, 3.8) is 0 Å². The summed E-state index contributed by atoms with van der Waals surface area (Å²) in [6.07, 6.45) is 3.94. The quantitative estimate of drug-likeness (QED) is 0.331. The van der Waals surface area contributed by atoms with Crippen LogP contribution in [-0.4, -0.2) is 17.5 Å². The Hall–Kier alpha value is -1.61. The molecule has 1 saturated carbocycles. The number of nitrogens with zero attached hydrogens (tertiary/aromatic N) is 2. The van der Waals surface area contributed by atoms with Gasteiger partial charge in [-0.2, -0.15) is 0 Å². The Labute approximate surface area is 167 Å². The third-order valence-electron chi connectivity index (χ3n) is 4.41. The summed E-state index contributed by atoms with van der Waals surface area (Å²) in [5.74, 6) is 2.06. The standard InChI is InChI=1S/C18H20N4OS.HI/c19-18(20-9-12-4-3-5-12)21-10-17-22-14(11-24-17)16-8-13-6-1-2-7-15(13)23-16;/h1-2,6-8,11-12H,3-5,9-10H2,(H3,19,20,21);1H. The van der Waals surface area contributed by atoms with Gasteiger partial charge < -0.3 is 15.5 Å². The van der Waals surface area contributed by atoms with E-state index in [1.54, 1.807) is 11.3 Å². The molecule has 0 atom stereocenters. The van der Waals surface area contributed by atoms with E-state index in [1.165, 1.54) is 19.3 Å². The van der Waals surface area contributed by atoms with Gasteiger partial charge in [-0.1, -0.05) is 24.6 Å². The van der Waals surface area contributed by atoms with Crippen LogP contribution < -0.4 is 11.1 Å². The lowest BCUT2D eigenvalue weighted by Gasteiger charge is -2.25. The number of furan rings is 1. The fourth-order valence-electron chi connectivity index (χ4n) is 2.76. The van der Waals surface area contributed by atoms with Gasteiger partial charge in [0.1, 0.15) is 16.3 Å². The summed E-state index contributed by atoms with van der Waals surface area (Å²) < 4.78 is 5.85. The monoisotopic (exact) mass is 468 g/mol. The molecule has 1 aromatic carbocycles. The fourth-order valence-corrected chi connectivity index (χ4v) is 3.47. The molecule has 25 heavy (non-hydrogen) atoms. The van der Waals surface area contributed by atoms with Crippen LogP contribution in [0.5, 0.6) is 0 Å². The second-order valence-electron chi connectivity index (χ2n) is 6.15. The molecular weight excluding hydrogens is 447 g/mol. The summed E-state index contributed by atoms with van der Waals surface area (Å²) in [6.45, 7) is 1.42. The molecule has 0 saturated heterocycles. The lowest BCUT2D eigenvalue weighted by molar-refractivity contribution is 0.315. The molecule has 4 rings (SSSR count). The van der Waals surface area contributed by atoms with Gasteiger partial charge in [-0.05, 0) is 30.9 Å². The van der Waals surface area contributed by atoms with Crippen LogP contribution in [-0.2, 0) is 6.54 Å². The summed E-state index contributed by atoms with van der Waals surface area (Å²) >= 11 is 1.57. The number of aromatic nitrogens is 1. The van der Waals surface area contributed by atoms with E-state index in [4.69, 9.17) is 10.2 Å². The SMILES string of the molecule is I.NC(=NCc1nc(-c2cc3ccccc3o2)cs1)NCC1CCC1. The predicted molar refractivity (Wildman–Crippen MR) is 113 cm³/mol. The molecule has 0 bridgehead atoms. The average molecular weight is 468 g/mol. The van der Waals surface area contributed by atoms with Crippen LogP contribution in [0.3, 0.4) is 0 Å². The second kappa shape index (κ2) is 8.18. The number of thiazole rings is 1. The molecule has 1 aliphatic rings. The number of hydrogen-bond acceptors (Lipinski definition) is 4. The number of para-hydroxylation sites is 1. The zero-order chi connectivity index (χ0) is 16.4. The Morgan fingerprint density at radius 1 is 1.36 bits per heavy atom. The minimum Gasteiger partial charge on any atom is -0.454 e. The molecule has 7 heteroatoms. The van der Waals surface area contributed by atoms with Gasteiger partial charge in [-0.3, -0.25) is 0 Å². The summed E-state index contributed by atoms with van der Waals surface area (Å²) in [6, 6.07) is 9.99. The molecule has 2 aromatic heterocycles. The Kier molecular flexibility index (Phi) is 5.95. The Morgan fingerprint density at radius 2 is 2.20 bits per heavy atom. The van der Waals surface area contributed by atoms with Crippen LogP contribution >= 0.6 is 35.3 Å². The molecular formula is C18H21IN4OS. The molecule has 0 radical (unpaired) electrons. The first-order chi connectivity index (χ1) is 11.8. The normalized spacial score (nSPS) is 15.0. The van der Waals surface area contributed by atoms with Gasteiger partial charge in [0.25, 0.3) is 0 Å². The molecule has 1 aliphatic carbocycles. The van der Waals surface area contributed by atoms with Crippen molar-refractivity contribution in [1.29, 1.82) is 0 Å². The highest BCUT2D eigenvalue weighted by atomic mass is 127. The van der Waals surface area contributed by atoms with Crippen molar-refractivity contribution in [3.05, 3.63) is 40.7 Å². The first-order valence-corrected chi connectivity index (χ1v) is 9.13. The van der Waals surface area contributed by atoms with Gasteiger partial charge in [-0.15, -0.1) is 35.3 Å². The highest BCUT2D eigenvalue weighted by molar-refractivity contribution is 14.0. The average Bonchev–Trinajstić information content (AvgIpc) is 3.17. The van der Waals surface area contributed by atoms with Crippen molar-refractivity contribution in [2.45, 2.75) is 25.8 Å². The molecule has 0 spiro atoms. The van der Waals surface area contributed by atoms with Crippen LogP contribution in [0.25, 0.3) is 22.4 Å². The van der Waals surface area contributed by atoms with E-state index in [9.17, 15) is 0 Å². The highest BCUT2D eigenvalue weighted by Gasteiger charge is 2.16. The van der Waals surface area contributed by atoms with Gasteiger partial charge in [-0.25, -0.2) is 9.98 Å². The number of nitrogens with one attached hydrogen (secondary N) is 1. The molecule has 0 amide bonds. The van der Waals surface area contributed by atoms with E-state index in [0.29, 0.717) is 12.5 Å². The highest BCUT2D eigenvalue weighted by Crippen LogP contribution is 2.28. The molecule has 5 nitrogen and oxygen atoms in total. The number of nitrogens with two attached hydrogens (primary N) is 1. The first kappa shape index (κ1) is 18.2. The lowest BCUT2D eigenvalue weighted by atomic mass is 9.85. The molecule has 3 aromatic rings. The van der Waals surface area contributed by atoms with Gasteiger partial charge in [0.05, 0.1) is 6.54 Å². The van der Waals surface area contributed by atoms with Crippen LogP contribution in [0.1, 0.15) is 24.3 Å². The number of hydrogen-bond donors (Lipinski definition) is 2. The van der Waals surface area contributed by atoms with E-state index < -0.39 is 0 Å². The fraction of sp³-hybridized carbons (Fsp3) is 0.333. The number of guanidine groups is 1. The number of aliphatic imine (C=N–C) groups is 1. The molecule has 132 valence electrons. The number of rotatable bonds is 5. The number of halogens is 1. The summed E-state index contributed by atoms with van der Waals surface area (Å²) in [4.78, 5) is 8.98. The largest absolute Gasteiger partial charge is 0.454 e. The van der Waals surface area contributed by atoms with Crippen molar-refractivity contribution in [2.24, 2.45) is 16.6 Å². The Bertz CT molecular complexity index is 836. The maximum Gasteiger partial charge on any atom is 0.189 e. The number of fused-ring (bicyclic) bond motifs is 1. The minimum absolute atomic E-state index is 0. The van der Waals surface area contributed by atoms with Crippen molar-refractivity contribution in [2.75, 3.05) is 6.54 Å². The molecule has 3 N–H and O–H groups in total. The van der Waals surface area contributed by atoms with Gasteiger partial charge in [0, 0.05) is 17.3 Å². The molecule has 0 unspecified atom stereocenters. The van der Waals surface area contributed by atoms with Crippen LogP contribution in [0, 0.1) is 5.92 Å². The predicted octanol–water partition coefficient (Wildman–Crippen LogP) is 4.38. The maximum absolute atomic E-state index is 5.91. The first-order valence-electron chi connectivity index (χ1n) is 8.25. The smallest absolute Gasteiger partial charge is 0.189 e. The van der Waals surface area contributed by atoms with E-state index in [0.717, 1.165) is 39.9 Å². The lowest BCUT2D eigenvalue weighted by Crippen LogP contribution is -2.37. The van der Waals surface area contributed by atoms with Crippen LogP contribution in [0.2, 0.25) is 0 Å². The van der Waals surface area contributed by atoms with Crippen molar-refractivity contribution in [3.8, 4) is 11.5 Å². The molecule has 2 heterocycles. The van der Waals surface area contributed by atoms with Gasteiger partial charge in [0.15, 0.2) is 11.7 Å². The van der Waals surface area contributed by atoms with Crippen LogP contribution in [0.15, 0.2) is 45.1 Å². The summed E-state index contributed by atoms with van der Waals surface area (Å²) in [7, 11) is 0. The van der Waals surface area contributed by atoms with Crippen LogP contribution in [0.4, 0.5) is 0 Å². The number of benzene rings is 1. The van der Waals surface area contributed by atoms with Crippen molar-refractivity contribution >= 4 is 52.2 Å². The van der Waals surface area contributed by atoms with E-state index in [1.807, 2.05) is 35.7 Å². The van der Waals surface area contributed by atoms with Crippen molar-refractivity contribution in [1.82, 2.24) is 10.3 Å². The van der Waals surface area contributed by atoms with Gasteiger partial charge >= 0.3 is 0 Å². The molecule has 1 fully saturated rings. The summed E-state index contributed by atoms with van der Waals surface area (Å²) in [5, 5.41) is 7.21. The third kappa shape index (κ3) is 4.33. The minimum atomic E-state index is 0. The zero-order valence-corrected chi connectivity index (χ0v) is 16.9. The van der Waals surface area contributed by atoms with E-state index in [2.05, 4.69) is 15.3 Å². The Balaban J connectivity index is 0.00000182. The summed E-state index contributed by atoms with van der Waals surface area (Å²) in [5.41, 5.74) is 7.64. The maximum atomic E-state index is 5.91. The van der Waals surface area contributed by atoms with E-state index in [-0.39, 0.29) is 24.0 Å². The third-order valence-corrected chi connectivity index (χ3v) is 5.24. The molecule has 0 aliphatic heterocycles.